The largest absolute Gasteiger partial charge is 0.396 e. The molecule has 1 saturated heterocycles. The van der Waals surface area contributed by atoms with Crippen LogP contribution in [-0.4, -0.2) is 41.3 Å². The van der Waals surface area contributed by atoms with E-state index >= 15 is 0 Å². The van der Waals surface area contributed by atoms with Crippen LogP contribution in [0.25, 0.3) is 0 Å². The Morgan fingerprint density at radius 1 is 1.30 bits per heavy atom. The summed E-state index contributed by atoms with van der Waals surface area (Å²) in [4.78, 5) is 0. The second kappa shape index (κ2) is 5.73. The number of nitrogens with two attached hydrogens (primary N) is 1. The first-order valence-corrected chi connectivity index (χ1v) is 8.73. The van der Waals surface area contributed by atoms with E-state index in [-0.39, 0.29) is 5.75 Å². The highest BCUT2D eigenvalue weighted by Crippen LogP contribution is 2.23. The molecule has 0 saturated carbocycles. The molecule has 1 aliphatic heterocycles. The lowest BCUT2D eigenvalue weighted by Crippen LogP contribution is -2.40. The fourth-order valence-corrected chi connectivity index (χ4v) is 3.82. The van der Waals surface area contributed by atoms with E-state index in [1.54, 1.807) is 11.2 Å². The molecule has 0 atom stereocenters. The van der Waals surface area contributed by atoms with Gasteiger partial charge in [-0.15, -0.1) is 0 Å². The van der Waals surface area contributed by atoms with Gasteiger partial charge in [0.05, 0.1) is 22.8 Å². The summed E-state index contributed by atoms with van der Waals surface area (Å²) in [5.74, 6) is 0.654. The van der Waals surface area contributed by atoms with Crippen LogP contribution in [0.2, 0.25) is 0 Å². The summed E-state index contributed by atoms with van der Waals surface area (Å²) < 4.78 is 27.2. The maximum atomic E-state index is 11.8. The number of aryl methyl sites for hydroxylation is 1. The number of nitrogen functional groups attached to an aromatic ring is 1. The second-order valence-corrected chi connectivity index (χ2v) is 7.77. The highest BCUT2D eigenvalue weighted by Gasteiger charge is 2.27. The molecule has 0 aliphatic carbocycles. The Labute approximate surface area is 121 Å². The lowest BCUT2D eigenvalue weighted by Gasteiger charge is -2.31. The first-order chi connectivity index (χ1) is 9.35. The van der Waals surface area contributed by atoms with Crippen LogP contribution < -0.4 is 5.73 Å². The maximum absolute atomic E-state index is 11.8. The molecule has 2 rings (SSSR count). The molecule has 0 unspecified atom stereocenters. The molecule has 1 aromatic heterocycles. The molecular formula is C13H24N4O2S. The molecule has 0 bridgehead atoms. The van der Waals surface area contributed by atoms with Crippen LogP contribution in [0.3, 0.4) is 0 Å². The van der Waals surface area contributed by atoms with Gasteiger partial charge in [0.1, 0.15) is 0 Å². The first kappa shape index (κ1) is 15.3. The van der Waals surface area contributed by atoms with Crippen molar-refractivity contribution in [2.75, 3.05) is 24.6 Å². The number of hydrogen-bond acceptors (Lipinski definition) is 4. The van der Waals surface area contributed by atoms with Crippen molar-refractivity contribution < 1.29 is 8.42 Å². The number of aromatic nitrogens is 2. The van der Waals surface area contributed by atoms with E-state index in [2.05, 4.69) is 5.10 Å². The van der Waals surface area contributed by atoms with E-state index < -0.39 is 10.0 Å². The molecule has 0 amide bonds. The summed E-state index contributed by atoms with van der Waals surface area (Å²) >= 11 is 0. The molecule has 6 nitrogen and oxygen atoms in total. The summed E-state index contributed by atoms with van der Waals surface area (Å²) in [7, 11) is -3.04. The van der Waals surface area contributed by atoms with Crippen LogP contribution in [0.4, 0.5) is 5.69 Å². The van der Waals surface area contributed by atoms with E-state index in [9.17, 15) is 8.42 Å². The number of nitrogens with zero attached hydrogens (tertiary/aromatic N) is 3. The van der Waals surface area contributed by atoms with Crippen molar-refractivity contribution in [2.24, 2.45) is 5.92 Å². The fraction of sp³-hybridized carbons (Fsp3) is 0.769. The predicted molar refractivity (Wildman–Crippen MR) is 79.9 cm³/mol. The average molecular weight is 300 g/mol. The Morgan fingerprint density at radius 2 is 1.90 bits per heavy atom. The maximum Gasteiger partial charge on any atom is 0.213 e. The van der Waals surface area contributed by atoms with Gasteiger partial charge in [0.15, 0.2) is 0 Å². The lowest BCUT2D eigenvalue weighted by molar-refractivity contribution is 0.246. The van der Waals surface area contributed by atoms with Gasteiger partial charge in [-0.2, -0.15) is 5.10 Å². The van der Waals surface area contributed by atoms with Gasteiger partial charge in [-0.3, -0.25) is 4.68 Å². The van der Waals surface area contributed by atoms with Crippen molar-refractivity contribution in [3.63, 3.8) is 0 Å². The summed E-state index contributed by atoms with van der Waals surface area (Å²) in [6.45, 7) is 7.65. The molecule has 0 spiro atoms. The van der Waals surface area contributed by atoms with Gasteiger partial charge >= 0.3 is 0 Å². The summed E-state index contributed by atoms with van der Waals surface area (Å²) in [5.41, 5.74) is 8.57. The SMILES string of the molecule is CCS(=O)(=O)N1CCC(Cn2nc(C)c(N)c2C)CC1. The van der Waals surface area contributed by atoms with Crippen molar-refractivity contribution in [3.8, 4) is 0 Å². The molecule has 0 aromatic carbocycles. The number of rotatable bonds is 4. The standard InChI is InChI=1S/C13H24N4O2S/c1-4-20(18,19)16-7-5-12(6-8-16)9-17-11(3)13(14)10(2)15-17/h12H,4-9,14H2,1-3H3. The van der Waals surface area contributed by atoms with Gasteiger partial charge in [0.25, 0.3) is 0 Å². The number of hydrogen-bond donors (Lipinski definition) is 1. The third-order valence-corrected chi connectivity index (χ3v) is 6.08. The van der Waals surface area contributed by atoms with Crippen molar-refractivity contribution in [1.82, 2.24) is 14.1 Å². The monoisotopic (exact) mass is 300 g/mol. The molecule has 1 aromatic rings. The molecule has 0 radical (unpaired) electrons. The molecule has 2 N–H and O–H groups in total. The average Bonchev–Trinajstić information content (AvgIpc) is 2.67. The van der Waals surface area contributed by atoms with Crippen LogP contribution in [0, 0.1) is 19.8 Å². The summed E-state index contributed by atoms with van der Waals surface area (Å²) in [6.07, 6.45) is 1.77. The van der Waals surface area contributed by atoms with E-state index in [4.69, 9.17) is 5.73 Å². The third kappa shape index (κ3) is 2.98. The number of sulfonamides is 1. The Morgan fingerprint density at radius 3 is 2.35 bits per heavy atom. The van der Waals surface area contributed by atoms with Crippen molar-refractivity contribution in [1.29, 1.82) is 0 Å². The Kier molecular flexibility index (Phi) is 4.39. The van der Waals surface area contributed by atoms with Crippen molar-refractivity contribution in [2.45, 2.75) is 40.2 Å². The van der Waals surface area contributed by atoms with Crippen LogP contribution in [0.15, 0.2) is 0 Å². The Hall–Kier alpha value is -1.08. The number of anilines is 1. The van der Waals surface area contributed by atoms with Crippen LogP contribution in [0.5, 0.6) is 0 Å². The molecule has 114 valence electrons. The van der Waals surface area contributed by atoms with E-state index in [1.807, 2.05) is 18.5 Å². The van der Waals surface area contributed by atoms with Gasteiger partial charge < -0.3 is 5.73 Å². The molecule has 1 aliphatic rings. The molecule has 2 heterocycles. The van der Waals surface area contributed by atoms with Crippen molar-refractivity contribution in [3.05, 3.63) is 11.4 Å². The topological polar surface area (TPSA) is 81.2 Å². The zero-order valence-electron chi connectivity index (χ0n) is 12.5. The van der Waals surface area contributed by atoms with Gasteiger partial charge in [-0.25, -0.2) is 12.7 Å². The van der Waals surface area contributed by atoms with Crippen molar-refractivity contribution >= 4 is 15.7 Å². The minimum Gasteiger partial charge on any atom is -0.396 e. The fourth-order valence-electron chi connectivity index (χ4n) is 2.69. The van der Waals surface area contributed by atoms with E-state index in [0.717, 1.165) is 36.5 Å². The van der Waals surface area contributed by atoms with Crippen LogP contribution >= 0.6 is 0 Å². The minimum atomic E-state index is -3.04. The molecule has 1 fully saturated rings. The van der Waals surface area contributed by atoms with E-state index in [0.29, 0.717) is 19.0 Å². The van der Waals surface area contributed by atoms with Gasteiger partial charge in [-0.1, -0.05) is 0 Å². The third-order valence-electron chi connectivity index (χ3n) is 4.20. The van der Waals surface area contributed by atoms with E-state index in [1.165, 1.54) is 0 Å². The highest BCUT2D eigenvalue weighted by molar-refractivity contribution is 7.89. The summed E-state index contributed by atoms with van der Waals surface area (Å²) in [5, 5.41) is 4.45. The van der Waals surface area contributed by atoms with Gasteiger partial charge in [-0.05, 0) is 39.5 Å². The molecule has 7 heteroatoms. The van der Waals surface area contributed by atoms with Crippen LogP contribution in [0.1, 0.15) is 31.2 Å². The quantitative estimate of drug-likeness (QED) is 0.904. The smallest absolute Gasteiger partial charge is 0.213 e. The number of piperidine rings is 1. The van der Waals surface area contributed by atoms with Gasteiger partial charge in [0.2, 0.25) is 10.0 Å². The highest BCUT2D eigenvalue weighted by atomic mass is 32.2. The normalized spacial score (nSPS) is 18.6. The first-order valence-electron chi connectivity index (χ1n) is 7.12. The van der Waals surface area contributed by atoms with Gasteiger partial charge in [0, 0.05) is 19.6 Å². The Bertz CT molecular complexity index is 571. The molecular weight excluding hydrogens is 276 g/mol. The zero-order valence-corrected chi connectivity index (χ0v) is 13.3. The lowest BCUT2D eigenvalue weighted by atomic mass is 9.98. The summed E-state index contributed by atoms with van der Waals surface area (Å²) in [6, 6.07) is 0. The van der Waals surface area contributed by atoms with Crippen LogP contribution in [-0.2, 0) is 16.6 Å². The zero-order chi connectivity index (χ0) is 14.9. The predicted octanol–water partition coefficient (Wildman–Crippen LogP) is 1.14. The minimum absolute atomic E-state index is 0.186. The Balaban J connectivity index is 1.96. The molecule has 20 heavy (non-hydrogen) atoms. The second-order valence-electron chi connectivity index (χ2n) is 5.51.